The molecule has 0 heterocycles. The second-order valence-electron chi connectivity index (χ2n) is 3.87. The summed E-state index contributed by atoms with van der Waals surface area (Å²) in [6, 6.07) is 4.25. The molecule has 4 nitrogen and oxygen atoms in total. The highest BCUT2D eigenvalue weighted by Crippen LogP contribution is 2.09. The van der Waals surface area contributed by atoms with Crippen molar-refractivity contribution in [3.05, 3.63) is 35.1 Å². The van der Waals surface area contributed by atoms with E-state index in [9.17, 15) is 17.6 Å². The van der Waals surface area contributed by atoms with Crippen LogP contribution in [-0.4, -0.2) is 32.9 Å². The van der Waals surface area contributed by atoms with Crippen LogP contribution in [0.2, 0.25) is 0 Å². The number of benzene rings is 1. The molecule has 0 fully saturated rings. The van der Waals surface area contributed by atoms with Gasteiger partial charge < -0.3 is 5.32 Å². The molecule has 94 valence electrons. The van der Waals surface area contributed by atoms with Gasteiger partial charge >= 0.3 is 0 Å². The van der Waals surface area contributed by atoms with Crippen molar-refractivity contribution in [2.24, 2.45) is 0 Å². The minimum atomic E-state index is -3.13. The standard InChI is InChI=1S/C11H14FNO3S/c1-8-3-4-9(10(12)7-8)11(14)13-5-6-17(2,15)16/h3-4,7H,5-6H2,1-2H3,(H,13,14). The van der Waals surface area contributed by atoms with E-state index in [2.05, 4.69) is 5.32 Å². The summed E-state index contributed by atoms with van der Waals surface area (Å²) >= 11 is 0. The molecule has 1 aromatic carbocycles. The smallest absolute Gasteiger partial charge is 0.254 e. The molecule has 0 bridgehead atoms. The van der Waals surface area contributed by atoms with Crippen LogP contribution in [0.25, 0.3) is 0 Å². The molecule has 0 radical (unpaired) electrons. The van der Waals surface area contributed by atoms with Gasteiger partial charge in [0, 0.05) is 12.8 Å². The van der Waals surface area contributed by atoms with Crippen LogP contribution in [0, 0.1) is 12.7 Å². The molecule has 0 aliphatic heterocycles. The Morgan fingerprint density at radius 1 is 1.41 bits per heavy atom. The van der Waals surface area contributed by atoms with Crippen molar-refractivity contribution in [3.8, 4) is 0 Å². The fourth-order valence-corrected chi connectivity index (χ4v) is 1.72. The minimum absolute atomic E-state index is 0.0228. The van der Waals surface area contributed by atoms with Crippen molar-refractivity contribution in [2.75, 3.05) is 18.6 Å². The molecule has 1 rings (SSSR count). The van der Waals surface area contributed by atoms with Crippen LogP contribution < -0.4 is 5.32 Å². The second-order valence-corrected chi connectivity index (χ2v) is 6.13. The Morgan fingerprint density at radius 2 is 2.06 bits per heavy atom. The number of rotatable bonds is 4. The van der Waals surface area contributed by atoms with Gasteiger partial charge in [-0.25, -0.2) is 12.8 Å². The van der Waals surface area contributed by atoms with Gasteiger partial charge in [0.05, 0.1) is 11.3 Å². The zero-order valence-electron chi connectivity index (χ0n) is 9.66. The van der Waals surface area contributed by atoms with E-state index < -0.39 is 21.6 Å². The van der Waals surface area contributed by atoms with Crippen molar-refractivity contribution in [1.29, 1.82) is 0 Å². The number of hydrogen-bond donors (Lipinski definition) is 1. The molecule has 6 heteroatoms. The number of carbonyl (C=O) groups excluding carboxylic acids is 1. The SMILES string of the molecule is Cc1ccc(C(=O)NCCS(C)(=O)=O)c(F)c1. The zero-order chi connectivity index (χ0) is 13.1. The largest absolute Gasteiger partial charge is 0.351 e. The first kappa shape index (κ1) is 13.6. The van der Waals surface area contributed by atoms with Gasteiger partial charge in [-0.3, -0.25) is 4.79 Å². The maximum atomic E-state index is 13.4. The van der Waals surface area contributed by atoms with E-state index in [0.29, 0.717) is 0 Å². The summed E-state index contributed by atoms with van der Waals surface area (Å²) < 4.78 is 35.1. The van der Waals surface area contributed by atoms with Crippen LogP contribution in [0.5, 0.6) is 0 Å². The lowest BCUT2D eigenvalue weighted by Crippen LogP contribution is -2.29. The first-order valence-corrected chi connectivity index (χ1v) is 7.08. The fraction of sp³-hybridized carbons (Fsp3) is 0.364. The van der Waals surface area contributed by atoms with Gasteiger partial charge in [0.15, 0.2) is 0 Å². The summed E-state index contributed by atoms with van der Waals surface area (Å²) in [6.07, 6.45) is 1.08. The number of hydrogen-bond acceptors (Lipinski definition) is 3. The molecule has 0 atom stereocenters. The van der Waals surface area contributed by atoms with E-state index in [1.54, 1.807) is 13.0 Å². The van der Waals surface area contributed by atoms with Crippen molar-refractivity contribution in [2.45, 2.75) is 6.92 Å². The molecular weight excluding hydrogens is 245 g/mol. The summed E-state index contributed by atoms with van der Waals surface area (Å²) in [5.41, 5.74) is 0.638. The van der Waals surface area contributed by atoms with Crippen LogP contribution in [0.3, 0.4) is 0 Å². The van der Waals surface area contributed by atoms with Crippen molar-refractivity contribution in [1.82, 2.24) is 5.32 Å². The number of aryl methyl sites for hydroxylation is 1. The summed E-state index contributed by atoms with van der Waals surface area (Å²) in [5.74, 6) is -1.38. The number of halogens is 1. The Kier molecular flexibility index (Phi) is 4.22. The third-order valence-corrected chi connectivity index (χ3v) is 3.07. The molecule has 0 aromatic heterocycles. The molecular formula is C11H14FNO3S. The highest BCUT2D eigenvalue weighted by Gasteiger charge is 2.11. The Bertz CT molecular complexity index is 526. The zero-order valence-corrected chi connectivity index (χ0v) is 10.5. The van der Waals surface area contributed by atoms with E-state index in [1.165, 1.54) is 12.1 Å². The first-order chi connectivity index (χ1) is 7.79. The van der Waals surface area contributed by atoms with E-state index in [1.807, 2.05) is 0 Å². The lowest BCUT2D eigenvalue weighted by Gasteiger charge is -2.05. The summed E-state index contributed by atoms with van der Waals surface area (Å²) in [4.78, 5) is 11.5. The predicted octanol–water partition coefficient (Wildman–Crippen LogP) is 0.909. The summed E-state index contributed by atoms with van der Waals surface area (Å²) in [7, 11) is -3.13. The lowest BCUT2D eigenvalue weighted by molar-refractivity contribution is 0.0952. The average Bonchev–Trinajstić information content (AvgIpc) is 2.15. The normalized spacial score (nSPS) is 11.2. The van der Waals surface area contributed by atoms with E-state index in [0.717, 1.165) is 11.8 Å². The molecule has 1 amide bonds. The molecule has 1 N–H and O–H groups in total. The maximum Gasteiger partial charge on any atom is 0.254 e. The highest BCUT2D eigenvalue weighted by molar-refractivity contribution is 7.90. The fourth-order valence-electron chi connectivity index (χ4n) is 1.25. The Labute approximate surface area is 99.8 Å². The molecule has 0 unspecified atom stereocenters. The number of carbonyl (C=O) groups is 1. The summed E-state index contributed by atoms with van der Waals surface area (Å²) in [6.45, 7) is 1.69. The molecule has 17 heavy (non-hydrogen) atoms. The number of nitrogens with one attached hydrogen (secondary N) is 1. The molecule has 0 spiro atoms. The average molecular weight is 259 g/mol. The van der Waals surface area contributed by atoms with Crippen molar-refractivity contribution in [3.63, 3.8) is 0 Å². The highest BCUT2D eigenvalue weighted by atomic mass is 32.2. The Balaban J connectivity index is 2.65. The van der Waals surface area contributed by atoms with Gasteiger partial charge in [-0.1, -0.05) is 6.07 Å². The van der Waals surface area contributed by atoms with Gasteiger partial charge in [-0.05, 0) is 24.6 Å². The Hall–Kier alpha value is -1.43. The molecule has 0 saturated carbocycles. The number of sulfone groups is 1. The second kappa shape index (κ2) is 5.27. The topological polar surface area (TPSA) is 63.2 Å². The van der Waals surface area contributed by atoms with Crippen LogP contribution in [0.4, 0.5) is 4.39 Å². The van der Waals surface area contributed by atoms with Gasteiger partial charge in [0.1, 0.15) is 15.7 Å². The third-order valence-electron chi connectivity index (χ3n) is 2.13. The maximum absolute atomic E-state index is 13.4. The molecule has 0 saturated heterocycles. The molecule has 0 aliphatic carbocycles. The van der Waals surface area contributed by atoms with Gasteiger partial charge in [-0.15, -0.1) is 0 Å². The van der Waals surface area contributed by atoms with Gasteiger partial charge in [-0.2, -0.15) is 0 Å². The van der Waals surface area contributed by atoms with Crippen molar-refractivity contribution < 1.29 is 17.6 Å². The lowest BCUT2D eigenvalue weighted by atomic mass is 10.1. The monoisotopic (exact) mass is 259 g/mol. The minimum Gasteiger partial charge on any atom is -0.351 e. The van der Waals surface area contributed by atoms with Crippen LogP contribution in [-0.2, 0) is 9.84 Å². The number of amides is 1. The quantitative estimate of drug-likeness (QED) is 0.874. The van der Waals surface area contributed by atoms with E-state index >= 15 is 0 Å². The van der Waals surface area contributed by atoms with Crippen molar-refractivity contribution >= 4 is 15.7 Å². The molecule has 0 aliphatic rings. The summed E-state index contributed by atoms with van der Waals surface area (Å²) in [5, 5.41) is 2.36. The van der Waals surface area contributed by atoms with Gasteiger partial charge in [0.2, 0.25) is 0 Å². The molecule has 1 aromatic rings. The predicted molar refractivity (Wildman–Crippen MR) is 63.2 cm³/mol. The van der Waals surface area contributed by atoms with Crippen LogP contribution in [0.15, 0.2) is 18.2 Å². The van der Waals surface area contributed by atoms with E-state index in [-0.39, 0.29) is 17.9 Å². The Morgan fingerprint density at radius 3 is 2.59 bits per heavy atom. The van der Waals surface area contributed by atoms with E-state index in [4.69, 9.17) is 0 Å². The van der Waals surface area contributed by atoms with Crippen LogP contribution >= 0.6 is 0 Å². The third kappa shape index (κ3) is 4.52. The first-order valence-electron chi connectivity index (χ1n) is 5.01. The van der Waals surface area contributed by atoms with Gasteiger partial charge in [0.25, 0.3) is 5.91 Å². The van der Waals surface area contributed by atoms with Crippen LogP contribution in [0.1, 0.15) is 15.9 Å².